The maximum atomic E-state index is 9.92. The second-order valence-electron chi connectivity index (χ2n) is 4.69. The van der Waals surface area contributed by atoms with Crippen molar-refractivity contribution in [3.63, 3.8) is 0 Å². The van der Waals surface area contributed by atoms with E-state index >= 15 is 0 Å². The minimum absolute atomic E-state index is 0.0297. The Balaban J connectivity index is 2.28. The van der Waals surface area contributed by atoms with E-state index < -0.39 is 0 Å². The largest absolute Gasteiger partial charge is 0.392 e. The van der Waals surface area contributed by atoms with Gasteiger partial charge in [-0.1, -0.05) is 30.7 Å². The van der Waals surface area contributed by atoms with Gasteiger partial charge in [-0.05, 0) is 18.4 Å². The summed E-state index contributed by atoms with van der Waals surface area (Å²) in [4.78, 5) is 2.07. The number of piperidine rings is 1. The maximum Gasteiger partial charge on any atom is 0.0741 e. The fraction of sp³-hybridized carbons (Fsp3) is 0.538. The zero-order valence-corrected chi connectivity index (χ0v) is 10.7. The molecule has 2 N–H and O–H groups in total. The second-order valence-corrected chi connectivity index (χ2v) is 5.09. The van der Waals surface area contributed by atoms with Gasteiger partial charge in [0.15, 0.2) is 0 Å². The minimum Gasteiger partial charge on any atom is -0.392 e. The van der Waals surface area contributed by atoms with E-state index in [1.54, 1.807) is 0 Å². The summed E-state index contributed by atoms with van der Waals surface area (Å²) in [5, 5.41) is 19.9. The summed E-state index contributed by atoms with van der Waals surface area (Å²) >= 11 is 6.19. The molecule has 4 heteroatoms. The molecular formula is C13H18ClNO2. The van der Waals surface area contributed by atoms with Crippen molar-refractivity contribution in [1.82, 2.24) is 0 Å². The highest BCUT2D eigenvalue weighted by Crippen LogP contribution is 2.33. The predicted octanol–water partition coefficient (Wildman–Crippen LogP) is 2.04. The van der Waals surface area contributed by atoms with Crippen molar-refractivity contribution < 1.29 is 10.2 Å². The Morgan fingerprint density at radius 2 is 2.24 bits per heavy atom. The molecule has 0 amide bonds. The lowest BCUT2D eigenvalue weighted by molar-refractivity contribution is 0.103. The molecule has 17 heavy (non-hydrogen) atoms. The number of benzene rings is 1. The number of para-hydroxylation sites is 1. The summed E-state index contributed by atoms with van der Waals surface area (Å²) in [6.45, 7) is 3.48. The van der Waals surface area contributed by atoms with E-state index in [0.717, 1.165) is 24.2 Å². The summed E-state index contributed by atoms with van der Waals surface area (Å²) in [5.74, 6) is 0.325. The second kappa shape index (κ2) is 5.25. The Morgan fingerprint density at radius 1 is 1.47 bits per heavy atom. The van der Waals surface area contributed by atoms with Crippen LogP contribution in [0.25, 0.3) is 0 Å². The highest BCUT2D eigenvalue weighted by atomic mass is 35.5. The third kappa shape index (κ3) is 2.57. The van der Waals surface area contributed by atoms with E-state index in [9.17, 15) is 10.2 Å². The molecule has 0 spiro atoms. The van der Waals surface area contributed by atoms with E-state index in [0.29, 0.717) is 17.5 Å². The quantitative estimate of drug-likeness (QED) is 0.850. The number of β-amino-alcohol motifs (C(OH)–C–C–N with tert-alkyl or cyclic N) is 1. The first-order chi connectivity index (χ1) is 8.13. The van der Waals surface area contributed by atoms with Crippen LogP contribution in [0, 0.1) is 5.92 Å². The molecule has 1 fully saturated rings. The first-order valence-corrected chi connectivity index (χ1v) is 6.32. The van der Waals surface area contributed by atoms with Crippen molar-refractivity contribution >= 4 is 17.3 Å². The van der Waals surface area contributed by atoms with Crippen LogP contribution >= 0.6 is 11.6 Å². The first-order valence-electron chi connectivity index (χ1n) is 5.94. The Hall–Kier alpha value is -0.770. The normalized spacial score (nSPS) is 25.1. The van der Waals surface area contributed by atoms with Gasteiger partial charge in [-0.2, -0.15) is 0 Å². The molecule has 2 atom stereocenters. The Bertz CT molecular complexity index is 397. The Kier molecular flexibility index (Phi) is 3.92. The standard InChI is InChI=1S/C13H18ClNO2/c1-9-5-6-15(7-12(9)17)13-10(8-16)3-2-4-11(13)14/h2-4,9,12,16-17H,5-8H2,1H3. The van der Waals surface area contributed by atoms with Gasteiger partial charge in [0.05, 0.1) is 23.4 Å². The van der Waals surface area contributed by atoms with Crippen LogP contribution < -0.4 is 4.90 Å². The van der Waals surface area contributed by atoms with Gasteiger partial charge in [-0.25, -0.2) is 0 Å². The predicted molar refractivity (Wildman–Crippen MR) is 69.4 cm³/mol. The van der Waals surface area contributed by atoms with Crippen LogP contribution in [0.1, 0.15) is 18.9 Å². The zero-order chi connectivity index (χ0) is 12.4. The number of rotatable bonds is 2. The van der Waals surface area contributed by atoms with Crippen LogP contribution in [-0.2, 0) is 6.61 Å². The number of halogens is 1. The van der Waals surface area contributed by atoms with Gasteiger partial charge in [0.25, 0.3) is 0 Å². The molecular weight excluding hydrogens is 238 g/mol. The number of anilines is 1. The fourth-order valence-corrected chi connectivity index (χ4v) is 2.61. The summed E-state index contributed by atoms with van der Waals surface area (Å²) in [7, 11) is 0. The molecule has 1 heterocycles. The molecule has 1 aliphatic rings. The summed E-state index contributed by atoms with van der Waals surface area (Å²) in [6.07, 6.45) is 0.614. The first kappa shape index (κ1) is 12.7. The van der Waals surface area contributed by atoms with E-state index in [2.05, 4.69) is 11.8 Å². The molecule has 2 rings (SSSR count). The molecule has 0 saturated carbocycles. The smallest absolute Gasteiger partial charge is 0.0741 e. The molecule has 3 nitrogen and oxygen atoms in total. The lowest BCUT2D eigenvalue weighted by Gasteiger charge is -2.37. The highest BCUT2D eigenvalue weighted by molar-refractivity contribution is 6.33. The minimum atomic E-state index is -0.327. The summed E-state index contributed by atoms with van der Waals surface area (Å²) < 4.78 is 0. The number of aliphatic hydroxyl groups excluding tert-OH is 2. The van der Waals surface area contributed by atoms with Crippen LogP contribution in [0.15, 0.2) is 18.2 Å². The van der Waals surface area contributed by atoms with Gasteiger partial charge >= 0.3 is 0 Å². The van der Waals surface area contributed by atoms with Gasteiger partial charge in [0.1, 0.15) is 0 Å². The van der Waals surface area contributed by atoms with Crippen LogP contribution in [0.4, 0.5) is 5.69 Å². The van der Waals surface area contributed by atoms with Gasteiger partial charge < -0.3 is 15.1 Å². The fourth-order valence-electron chi connectivity index (χ4n) is 2.29. The monoisotopic (exact) mass is 255 g/mol. The molecule has 0 aromatic heterocycles. The van der Waals surface area contributed by atoms with Crippen molar-refractivity contribution in [3.8, 4) is 0 Å². The van der Waals surface area contributed by atoms with Gasteiger partial charge in [-0.15, -0.1) is 0 Å². The molecule has 1 aliphatic heterocycles. The summed E-state index contributed by atoms with van der Waals surface area (Å²) in [5.41, 5.74) is 1.68. The lowest BCUT2D eigenvalue weighted by Crippen LogP contribution is -2.43. The number of nitrogens with zero attached hydrogens (tertiary/aromatic N) is 1. The third-order valence-corrected chi connectivity index (χ3v) is 3.78. The summed E-state index contributed by atoms with van der Waals surface area (Å²) in [6, 6.07) is 5.52. The van der Waals surface area contributed by atoms with Crippen LogP contribution in [-0.4, -0.2) is 29.4 Å². The van der Waals surface area contributed by atoms with E-state index in [-0.39, 0.29) is 12.7 Å². The van der Waals surface area contributed by atoms with E-state index in [1.807, 2.05) is 18.2 Å². The Morgan fingerprint density at radius 3 is 2.88 bits per heavy atom. The van der Waals surface area contributed by atoms with Crippen molar-refractivity contribution in [2.45, 2.75) is 26.1 Å². The number of hydrogen-bond acceptors (Lipinski definition) is 3. The molecule has 2 unspecified atom stereocenters. The average Bonchev–Trinajstić information content (AvgIpc) is 2.32. The number of aliphatic hydroxyl groups is 2. The van der Waals surface area contributed by atoms with Gasteiger partial charge in [0.2, 0.25) is 0 Å². The van der Waals surface area contributed by atoms with Crippen molar-refractivity contribution in [2.75, 3.05) is 18.0 Å². The van der Waals surface area contributed by atoms with Crippen LogP contribution in [0.5, 0.6) is 0 Å². The average molecular weight is 256 g/mol. The van der Waals surface area contributed by atoms with Crippen molar-refractivity contribution in [1.29, 1.82) is 0 Å². The van der Waals surface area contributed by atoms with E-state index in [4.69, 9.17) is 11.6 Å². The molecule has 1 saturated heterocycles. The topological polar surface area (TPSA) is 43.7 Å². The maximum absolute atomic E-state index is 9.92. The van der Waals surface area contributed by atoms with E-state index in [1.165, 1.54) is 0 Å². The van der Waals surface area contributed by atoms with Crippen molar-refractivity contribution in [3.05, 3.63) is 28.8 Å². The molecule has 1 aromatic rings. The number of hydrogen-bond donors (Lipinski definition) is 2. The lowest BCUT2D eigenvalue weighted by atomic mass is 9.95. The Labute approximate surface area is 107 Å². The molecule has 1 aromatic carbocycles. The van der Waals surface area contributed by atoms with Gasteiger partial charge in [0, 0.05) is 18.7 Å². The molecule has 0 radical (unpaired) electrons. The third-order valence-electron chi connectivity index (χ3n) is 3.48. The van der Waals surface area contributed by atoms with Crippen molar-refractivity contribution in [2.24, 2.45) is 5.92 Å². The van der Waals surface area contributed by atoms with Crippen LogP contribution in [0.3, 0.4) is 0 Å². The molecule has 0 aliphatic carbocycles. The molecule has 94 valence electrons. The zero-order valence-electron chi connectivity index (χ0n) is 9.93. The van der Waals surface area contributed by atoms with Gasteiger partial charge in [-0.3, -0.25) is 0 Å². The van der Waals surface area contributed by atoms with Crippen LogP contribution in [0.2, 0.25) is 5.02 Å². The molecule has 0 bridgehead atoms. The SMILES string of the molecule is CC1CCN(c2c(Cl)cccc2CO)CC1O. The highest BCUT2D eigenvalue weighted by Gasteiger charge is 2.26.